The predicted molar refractivity (Wildman–Crippen MR) is 73.0 cm³/mol. The molecule has 0 aromatic carbocycles. The molecule has 0 spiro atoms. The zero-order valence-corrected chi connectivity index (χ0v) is 11.9. The van der Waals surface area contributed by atoms with Crippen LogP contribution in [0.1, 0.15) is 47.0 Å². The van der Waals surface area contributed by atoms with E-state index in [9.17, 15) is 5.11 Å². The molecule has 16 heavy (non-hydrogen) atoms. The molecule has 1 rings (SSSR count). The Balaban J connectivity index is 2.36. The van der Waals surface area contributed by atoms with Gasteiger partial charge in [-0.1, -0.05) is 27.7 Å². The van der Waals surface area contributed by atoms with E-state index in [1.54, 1.807) is 0 Å². The first kappa shape index (κ1) is 14.3. The van der Waals surface area contributed by atoms with Gasteiger partial charge in [0.05, 0.1) is 5.60 Å². The minimum atomic E-state index is -0.441. The highest BCUT2D eigenvalue weighted by Crippen LogP contribution is 2.40. The molecular formula is C13H27NOS. The van der Waals surface area contributed by atoms with Crippen molar-refractivity contribution in [3.8, 4) is 0 Å². The van der Waals surface area contributed by atoms with Crippen LogP contribution in [0.2, 0.25) is 0 Å². The topological polar surface area (TPSA) is 32.3 Å². The molecule has 3 atom stereocenters. The second-order valence-electron chi connectivity index (χ2n) is 5.23. The minimum Gasteiger partial charge on any atom is -0.387 e. The number of thioether (sulfide) groups is 1. The van der Waals surface area contributed by atoms with Gasteiger partial charge in [0.15, 0.2) is 0 Å². The van der Waals surface area contributed by atoms with E-state index < -0.39 is 5.60 Å². The van der Waals surface area contributed by atoms with Gasteiger partial charge < -0.3 is 10.4 Å². The summed E-state index contributed by atoms with van der Waals surface area (Å²) in [6, 6.07) is 0.539. The lowest BCUT2D eigenvalue weighted by Crippen LogP contribution is -2.58. The van der Waals surface area contributed by atoms with Crippen LogP contribution in [0.15, 0.2) is 0 Å². The Bertz CT molecular complexity index is 210. The third-order valence-corrected chi connectivity index (χ3v) is 5.13. The number of nitrogens with one attached hydrogen (secondary N) is 1. The predicted octanol–water partition coefficient (Wildman–Crippen LogP) is 2.66. The van der Waals surface area contributed by atoms with E-state index >= 15 is 0 Å². The summed E-state index contributed by atoms with van der Waals surface area (Å²) in [5.41, 5.74) is -0.441. The van der Waals surface area contributed by atoms with Gasteiger partial charge in [-0.25, -0.2) is 0 Å². The average molecular weight is 245 g/mol. The molecule has 2 nitrogen and oxygen atoms in total. The first-order valence-corrected chi connectivity index (χ1v) is 7.65. The van der Waals surface area contributed by atoms with Crippen molar-refractivity contribution in [2.75, 3.05) is 12.3 Å². The van der Waals surface area contributed by atoms with Crippen LogP contribution in [0.25, 0.3) is 0 Å². The van der Waals surface area contributed by atoms with Crippen molar-refractivity contribution in [2.45, 2.75) is 63.9 Å². The first-order valence-electron chi connectivity index (χ1n) is 6.60. The number of rotatable bonds is 7. The molecule has 0 aromatic heterocycles. The van der Waals surface area contributed by atoms with Gasteiger partial charge in [0.25, 0.3) is 0 Å². The zero-order chi connectivity index (χ0) is 12.2. The quantitative estimate of drug-likeness (QED) is 0.723. The van der Waals surface area contributed by atoms with Gasteiger partial charge in [-0.05, 0) is 30.9 Å². The van der Waals surface area contributed by atoms with Gasteiger partial charge in [-0.2, -0.15) is 11.8 Å². The maximum atomic E-state index is 10.4. The number of hydrogen-bond acceptors (Lipinski definition) is 3. The van der Waals surface area contributed by atoms with Crippen molar-refractivity contribution in [2.24, 2.45) is 5.92 Å². The molecule has 0 heterocycles. The molecule has 0 amide bonds. The van der Waals surface area contributed by atoms with Crippen molar-refractivity contribution in [3.63, 3.8) is 0 Å². The van der Waals surface area contributed by atoms with Crippen LogP contribution in [-0.2, 0) is 0 Å². The molecule has 0 bridgehead atoms. The summed E-state index contributed by atoms with van der Waals surface area (Å²) >= 11 is 1.90. The van der Waals surface area contributed by atoms with Crippen molar-refractivity contribution in [1.29, 1.82) is 0 Å². The van der Waals surface area contributed by atoms with Crippen LogP contribution in [-0.4, -0.2) is 34.3 Å². The fourth-order valence-electron chi connectivity index (χ4n) is 2.40. The Labute approximate surface area is 105 Å². The molecule has 0 radical (unpaired) electrons. The Morgan fingerprint density at radius 3 is 2.50 bits per heavy atom. The van der Waals surface area contributed by atoms with Gasteiger partial charge >= 0.3 is 0 Å². The van der Waals surface area contributed by atoms with Gasteiger partial charge in [-0.15, -0.1) is 0 Å². The largest absolute Gasteiger partial charge is 0.387 e. The molecule has 96 valence electrons. The van der Waals surface area contributed by atoms with Crippen LogP contribution >= 0.6 is 11.8 Å². The molecule has 0 aliphatic heterocycles. The summed E-state index contributed by atoms with van der Waals surface area (Å²) in [5.74, 6) is 1.75. The lowest BCUT2D eigenvalue weighted by Gasteiger charge is -2.46. The van der Waals surface area contributed by atoms with Crippen LogP contribution in [0.5, 0.6) is 0 Å². The van der Waals surface area contributed by atoms with Crippen molar-refractivity contribution >= 4 is 11.8 Å². The summed E-state index contributed by atoms with van der Waals surface area (Å²) < 4.78 is 0. The highest BCUT2D eigenvalue weighted by Gasteiger charge is 2.45. The first-order chi connectivity index (χ1) is 7.53. The molecule has 1 saturated carbocycles. The second kappa shape index (κ2) is 6.27. The summed E-state index contributed by atoms with van der Waals surface area (Å²) in [6.45, 7) is 9.62. The third kappa shape index (κ3) is 3.38. The van der Waals surface area contributed by atoms with E-state index in [1.165, 1.54) is 6.42 Å². The zero-order valence-electron chi connectivity index (χ0n) is 11.1. The highest BCUT2D eigenvalue weighted by molar-refractivity contribution is 8.00. The fourth-order valence-corrected chi connectivity index (χ4v) is 3.59. The molecule has 3 unspecified atom stereocenters. The van der Waals surface area contributed by atoms with Gasteiger partial charge in [0, 0.05) is 17.8 Å². The minimum absolute atomic E-state index is 0.441. The van der Waals surface area contributed by atoms with E-state index in [2.05, 4.69) is 33.0 Å². The van der Waals surface area contributed by atoms with E-state index in [1.807, 2.05) is 11.8 Å². The normalized spacial score (nSPS) is 31.5. The number of hydrogen-bond donors (Lipinski definition) is 2. The SMILES string of the molecule is CCSC1CCC1(O)CNC(CC)C(C)C. The smallest absolute Gasteiger partial charge is 0.0889 e. The monoisotopic (exact) mass is 245 g/mol. The molecule has 3 heteroatoms. The van der Waals surface area contributed by atoms with Crippen molar-refractivity contribution in [1.82, 2.24) is 5.32 Å². The van der Waals surface area contributed by atoms with Crippen LogP contribution in [0.4, 0.5) is 0 Å². The Kier molecular flexibility index (Phi) is 5.62. The Morgan fingerprint density at radius 2 is 2.12 bits per heavy atom. The maximum absolute atomic E-state index is 10.4. The molecule has 0 aromatic rings. The lowest BCUT2D eigenvalue weighted by molar-refractivity contribution is -0.0263. The molecule has 1 aliphatic carbocycles. The second-order valence-corrected chi connectivity index (χ2v) is 6.71. The molecular weight excluding hydrogens is 218 g/mol. The third-order valence-electron chi connectivity index (χ3n) is 3.72. The average Bonchev–Trinajstić information content (AvgIpc) is 2.24. The van der Waals surface area contributed by atoms with Crippen LogP contribution in [0, 0.1) is 5.92 Å². The molecule has 0 saturated heterocycles. The molecule has 1 fully saturated rings. The number of aliphatic hydroxyl groups is 1. The van der Waals surface area contributed by atoms with E-state index in [0.29, 0.717) is 17.2 Å². The van der Waals surface area contributed by atoms with Gasteiger partial charge in [-0.3, -0.25) is 0 Å². The summed E-state index contributed by atoms with van der Waals surface area (Å²) in [4.78, 5) is 0. The van der Waals surface area contributed by atoms with E-state index in [0.717, 1.165) is 25.1 Å². The van der Waals surface area contributed by atoms with E-state index in [4.69, 9.17) is 0 Å². The van der Waals surface area contributed by atoms with Gasteiger partial charge in [0.2, 0.25) is 0 Å². The van der Waals surface area contributed by atoms with Crippen LogP contribution in [0.3, 0.4) is 0 Å². The Hall–Kier alpha value is 0.270. The van der Waals surface area contributed by atoms with Crippen molar-refractivity contribution in [3.05, 3.63) is 0 Å². The van der Waals surface area contributed by atoms with Gasteiger partial charge in [0.1, 0.15) is 0 Å². The fraction of sp³-hybridized carbons (Fsp3) is 1.00. The highest BCUT2D eigenvalue weighted by atomic mass is 32.2. The summed E-state index contributed by atoms with van der Waals surface area (Å²) in [7, 11) is 0. The van der Waals surface area contributed by atoms with E-state index in [-0.39, 0.29) is 0 Å². The van der Waals surface area contributed by atoms with Crippen molar-refractivity contribution < 1.29 is 5.11 Å². The summed E-state index contributed by atoms with van der Waals surface area (Å²) in [5, 5.41) is 14.4. The van der Waals surface area contributed by atoms with Crippen LogP contribution < -0.4 is 5.32 Å². The molecule has 1 aliphatic rings. The summed E-state index contributed by atoms with van der Waals surface area (Å²) in [6.07, 6.45) is 3.28. The standard InChI is InChI=1S/C13H27NOS/c1-5-11(10(3)4)14-9-13(15)8-7-12(13)16-6-2/h10-12,14-15H,5-9H2,1-4H3. The lowest BCUT2D eigenvalue weighted by atomic mass is 9.79. The maximum Gasteiger partial charge on any atom is 0.0889 e. The Morgan fingerprint density at radius 1 is 1.44 bits per heavy atom. The molecule has 2 N–H and O–H groups in total.